The Bertz CT molecular complexity index is 107. The van der Waals surface area contributed by atoms with Gasteiger partial charge in [0, 0.05) is 6.61 Å². The summed E-state index contributed by atoms with van der Waals surface area (Å²) in [6.07, 6.45) is 5.98. The topological polar surface area (TPSA) is 18.5 Å². The fourth-order valence-corrected chi connectivity index (χ4v) is 2.32. The summed E-state index contributed by atoms with van der Waals surface area (Å²) in [6, 6.07) is 0. The molecule has 1 aliphatic heterocycles. The lowest BCUT2D eigenvalue weighted by Crippen LogP contribution is -2.22. The van der Waals surface area contributed by atoms with Crippen molar-refractivity contribution in [2.45, 2.75) is 32.0 Å². The molecule has 4 heteroatoms. The number of hydrogen-bond acceptors (Lipinski definition) is 2. The zero-order chi connectivity index (χ0) is 8.65. The molecule has 2 nitrogen and oxygen atoms in total. The number of rotatable bonds is 5. The van der Waals surface area contributed by atoms with Gasteiger partial charge in [0.05, 0.1) is 6.61 Å². The van der Waals surface area contributed by atoms with Crippen LogP contribution in [0.15, 0.2) is 0 Å². The van der Waals surface area contributed by atoms with Crippen molar-refractivity contribution in [3.63, 3.8) is 0 Å². The Morgan fingerprint density at radius 3 is 3.08 bits per heavy atom. The minimum atomic E-state index is 0.0948. The van der Waals surface area contributed by atoms with Crippen LogP contribution in [-0.4, -0.2) is 25.7 Å². The van der Waals surface area contributed by atoms with Crippen molar-refractivity contribution in [1.82, 2.24) is 0 Å². The molecule has 0 bridgehead atoms. The first-order valence-corrected chi connectivity index (χ1v) is 7.96. The van der Waals surface area contributed by atoms with Crippen LogP contribution in [0, 0.1) is 0 Å². The summed E-state index contributed by atoms with van der Waals surface area (Å²) in [5.74, 6) is 0. The standard InChI is InChI=1S/C8H16BrO2P/c9-12-7-3-6-11-8-4-1-2-5-10-8/h8,12H,1-7H2. The fourth-order valence-electron chi connectivity index (χ4n) is 1.20. The second-order valence-electron chi connectivity index (χ2n) is 2.90. The summed E-state index contributed by atoms with van der Waals surface area (Å²) in [4.78, 5) is 0. The summed E-state index contributed by atoms with van der Waals surface area (Å²) in [5, 5.41) is 0. The van der Waals surface area contributed by atoms with Crippen molar-refractivity contribution in [2.75, 3.05) is 19.4 Å². The predicted molar refractivity (Wildman–Crippen MR) is 56.3 cm³/mol. The van der Waals surface area contributed by atoms with Gasteiger partial charge in [0.15, 0.2) is 6.29 Å². The van der Waals surface area contributed by atoms with E-state index in [1.807, 2.05) is 0 Å². The van der Waals surface area contributed by atoms with Crippen LogP contribution in [0.2, 0.25) is 0 Å². The molecule has 0 aromatic rings. The monoisotopic (exact) mass is 254 g/mol. The normalized spacial score (nSPS) is 25.2. The van der Waals surface area contributed by atoms with Gasteiger partial charge in [-0.2, -0.15) is 0 Å². The van der Waals surface area contributed by atoms with E-state index in [-0.39, 0.29) is 6.29 Å². The summed E-state index contributed by atoms with van der Waals surface area (Å²) < 4.78 is 11.0. The summed E-state index contributed by atoms with van der Waals surface area (Å²) in [6.45, 7) is 1.73. The van der Waals surface area contributed by atoms with Gasteiger partial charge in [0.2, 0.25) is 0 Å². The zero-order valence-corrected chi connectivity index (χ0v) is 9.81. The molecular weight excluding hydrogens is 239 g/mol. The second-order valence-corrected chi connectivity index (χ2v) is 5.35. The molecule has 0 saturated carbocycles. The fraction of sp³-hybridized carbons (Fsp3) is 1.00. The van der Waals surface area contributed by atoms with Crippen molar-refractivity contribution in [1.29, 1.82) is 0 Å². The molecule has 1 saturated heterocycles. The summed E-state index contributed by atoms with van der Waals surface area (Å²) >= 11 is 3.42. The molecule has 0 spiro atoms. The molecule has 2 unspecified atom stereocenters. The first-order chi connectivity index (χ1) is 5.93. The molecular formula is C8H16BrO2P. The van der Waals surface area contributed by atoms with E-state index in [4.69, 9.17) is 9.47 Å². The van der Waals surface area contributed by atoms with Crippen LogP contribution in [0.5, 0.6) is 0 Å². The molecule has 1 rings (SSSR count). The molecule has 0 amide bonds. The Kier molecular flexibility index (Phi) is 6.59. The zero-order valence-electron chi connectivity index (χ0n) is 7.22. The SMILES string of the molecule is BrPCCCOC1CCCCO1. The number of hydrogen-bond donors (Lipinski definition) is 0. The van der Waals surface area contributed by atoms with Gasteiger partial charge >= 0.3 is 0 Å². The Balaban J connectivity index is 1.91. The molecule has 0 aromatic heterocycles. The average molecular weight is 255 g/mol. The van der Waals surface area contributed by atoms with E-state index in [1.54, 1.807) is 0 Å². The first-order valence-electron chi connectivity index (χ1n) is 4.50. The van der Waals surface area contributed by atoms with E-state index in [0.717, 1.165) is 33.3 Å². The molecule has 1 heterocycles. The third-order valence-corrected chi connectivity index (χ3v) is 3.59. The van der Waals surface area contributed by atoms with Crippen LogP contribution < -0.4 is 0 Å². The van der Waals surface area contributed by atoms with Crippen molar-refractivity contribution < 1.29 is 9.47 Å². The Labute approximate surface area is 83.9 Å². The predicted octanol–water partition coefficient (Wildman–Crippen LogP) is 2.91. The molecule has 1 fully saturated rings. The minimum Gasteiger partial charge on any atom is -0.353 e. The molecule has 0 aliphatic carbocycles. The van der Waals surface area contributed by atoms with Crippen LogP contribution in [-0.2, 0) is 9.47 Å². The molecule has 72 valence electrons. The van der Waals surface area contributed by atoms with Gasteiger partial charge in [0.25, 0.3) is 0 Å². The van der Waals surface area contributed by atoms with Crippen molar-refractivity contribution in [2.24, 2.45) is 0 Å². The molecule has 1 aliphatic rings. The third-order valence-electron chi connectivity index (χ3n) is 1.86. The molecule has 0 radical (unpaired) electrons. The molecule has 0 N–H and O–H groups in total. The van der Waals surface area contributed by atoms with Gasteiger partial charge < -0.3 is 9.47 Å². The maximum absolute atomic E-state index is 5.55. The average Bonchev–Trinajstić information content (AvgIpc) is 2.14. The van der Waals surface area contributed by atoms with Gasteiger partial charge in [-0.1, -0.05) is 22.8 Å². The first kappa shape index (κ1) is 10.9. The van der Waals surface area contributed by atoms with Gasteiger partial charge in [-0.3, -0.25) is 0 Å². The largest absolute Gasteiger partial charge is 0.353 e. The summed E-state index contributed by atoms with van der Waals surface area (Å²) in [5.41, 5.74) is 0. The van der Waals surface area contributed by atoms with E-state index in [0.29, 0.717) is 0 Å². The highest BCUT2D eigenvalue weighted by Gasteiger charge is 2.12. The summed E-state index contributed by atoms with van der Waals surface area (Å²) in [7, 11) is 0.868. The number of halogens is 1. The van der Waals surface area contributed by atoms with Gasteiger partial charge in [-0.25, -0.2) is 0 Å². The third kappa shape index (κ3) is 4.76. The quantitative estimate of drug-likeness (QED) is 0.555. The van der Waals surface area contributed by atoms with E-state index in [9.17, 15) is 0 Å². The lowest BCUT2D eigenvalue weighted by atomic mass is 10.2. The highest BCUT2D eigenvalue weighted by molar-refractivity contribution is 9.36. The molecule has 12 heavy (non-hydrogen) atoms. The van der Waals surface area contributed by atoms with Crippen LogP contribution in [0.1, 0.15) is 25.7 Å². The minimum absolute atomic E-state index is 0.0948. The van der Waals surface area contributed by atoms with E-state index in [2.05, 4.69) is 15.5 Å². The molecule has 0 aromatic carbocycles. The number of ether oxygens (including phenoxy) is 2. The highest BCUT2D eigenvalue weighted by atomic mass is 79.9. The van der Waals surface area contributed by atoms with Crippen LogP contribution in [0.25, 0.3) is 0 Å². The van der Waals surface area contributed by atoms with Gasteiger partial charge in [-0.15, -0.1) is 0 Å². The maximum Gasteiger partial charge on any atom is 0.157 e. The van der Waals surface area contributed by atoms with Crippen molar-refractivity contribution >= 4 is 22.8 Å². The van der Waals surface area contributed by atoms with Gasteiger partial charge in [-0.05, 0) is 31.8 Å². The van der Waals surface area contributed by atoms with E-state index in [1.165, 1.54) is 19.0 Å². The second kappa shape index (κ2) is 7.25. The van der Waals surface area contributed by atoms with Crippen LogP contribution >= 0.6 is 22.8 Å². The van der Waals surface area contributed by atoms with E-state index >= 15 is 0 Å². The molecule has 2 atom stereocenters. The van der Waals surface area contributed by atoms with Crippen molar-refractivity contribution in [3.8, 4) is 0 Å². The Hall–Kier alpha value is 0.830. The smallest absolute Gasteiger partial charge is 0.157 e. The highest BCUT2D eigenvalue weighted by Crippen LogP contribution is 2.20. The van der Waals surface area contributed by atoms with Gasteiger partial charge in [0.1, 0.15) is 0 Å². The van der Waals surface area contributed by atoms with E-state index < -0.39 is 0 Å². The van der Waals surface area contributed by atoms with Crippen molar-refractivity contribution in [3.05, 3.63) is 0 Å². The Morgan fingerprint density at radius 1 is 1.50 bits per heavy atom. The van der Waals surface area contributed by atoms with Crippen LogP contribution in [0.4, 0.5) is 0 Å². The Morgan fingerprint density at radius 2 is 2.42 bits per heavy atom. The lowest BCUT2D eigenvalue weighted by Gasteiger charge is -2.22. The maximum atomic E-state index is 5.55. The van der Waals surface area contributed by atoms with Crippen LogP contribution in [0.3, 0.4) is 0 Å². The lowest BCUT2D eigenvalue weighted by molar-refractivity contribution is -0.162.